The van der Waals surface area contributed by atoms with Crippen LogP contribution in [0.3, 0.4) is 0 Å². The molecule has 0 aromatic heterocycles. The summed E-state index contributed by atoms with van der Waals surface area (Å²) in [5.41, 5.74) is 1.22. The minimum atomic E-state index is -0.243. The Morgan fingerprint density at radius 1 is 1.39 bits per heavy atom. The lowest BCUT2D eigenvalue weighted by molar-refractivity contribution is 0.0309. The molecule has 4 nitrogen and oxygen atoms in total. The van der Waals surface area contributed by atoms with Gasteiger partial charge in [-0.1, -0.05) is 30.3 Å². The summed E-state index contributed by atoms with van der Waals surface area (Å²) < 4.78 is 5.25. The third kappa shape index (κ3) is 1.97. The highest BCUT2D eigenvalue weighted by Gasteiger charge is 2.62. The summed E-state index contributed by atoms with van der Waals surface area (Å²) in [6.45, 7) is 2.05. The van der Waals surface area contributed by atoms with Gasteiger partial charge < -0.3 is 14.7 Å². The summed E-state index contributed by atoms with van der Waals surface area (Å²) >= 11 is 0. The standard InChI is InChI=1S/C14H17NO3/c16-7-12-6-14(12)9-15(10-14)13(17)18-8-11-4-2-1-3-5-11/h1-5,12,16H,6-10H2. The van der Waals surface area contributed by atoms with E-state index in [0.29, 0.717) is 12.5 Å². The van der Waals surface area contributed by atoms with Crippen LogP contribution in [0.2, 0.25) is 0 Å². The van der Waals surface area contributed by atoms with Crippen molar-refractivity contribution < 1.29 is 14.6 Å². The van der Waals surface area contributed by atoms with Crippen molar-refractivity contribution in [2.45, 2.75) is 13.0 Å². The normalized spacial score (nSPS) is 23.6. The number of aliphatic hydroxyl groups excluding tert-OH is 1. The third-order valence-electron chi connectivity index (χ3n) is 4.05. The highest BCUT2D eigenvalue weighted by Crippen LogP contribution is 2.58. The van der Waals surface area contributed by atoms with E-state index in [0.717, 1.165) is 25.1 Å². The summed E-state index contributed by atoms with van der Waals surface area (Å²) in [7, 11) is 0. The number of likely N-dealkylation sites (tertiary alicyclic amines) is 1. The van der Waals surface area contributed by atoms with Gasteiger partial charge in [0.1, 0.15) is 6.61 Å². The Morgan fingerprint density at radius 2 is 2.11 bits per heavy atom. The van der Waals surface area contributed by atoms with Gasteiger partial charge in [0, 0.05) is 25.1 Å². The van der Waals surface area contributed by atoms with Crippen LogP contribution < -0.4 is 0 Å². The molecule has 4 heteroatoms. The first-order valence-electron chi connectivity index (χ1n) is 6.30. The molecule has 1 unspecified atom stereocenters. The number of ether oxygens (including phenoxy) is 1. The van der Waals surface area contributed by atoms with Crippen molar-refractivity contribution in [3.8, 4) is 0 Å². The first kappa shape index (κ1) is 11.5. The molecule has 1 saturated heterocycles. The van der Waals surface area contributed by atoms with Gasteiger partial charge in [0.05, 0.1) is 0 Å². The molecular formula is C14H17NO3. The maximum Gasteiger partial charge on any atom is 0.410 e. The van der Waals surface area contributed by atoms with Crippen LogP contribution >= 0.6 is 0 Å². The fourth-order valence-electron chi connectivity index (χ4n) is 2.73. The molecule has 0 bridgehead atoms. The summed E-state index contributed by atoms with van der Waals surface area (Å²) in [5, 5.41) is 9.05. The highest BCUT2D eigenvalue weighted by atomic mass is 16.6. The number of amides is 1. The van der Waals surface area contributed by atoms with Gasteiger partial charge in [-0.3, -0.25) is 0 Å². The lowest BCUT2D eigenvalue weighted by atomic mass is 9.94. The smallest absolute Gasteiger partial charge is 0.410 e. The van der Waals surface area contributed by atoms with Crippen molar-refractivity contribution in [1.82, 2.24) is 4.90 Å². The van der Waals surface area contributed by atoms with Crippen molar-refractivity contribution in [1.29, 1.82) is 0 Å². The molecule has 1 aromatic rings. The minimum Gasteiger partial charge on any atom is -0.445 e. The van der Waals surface area contributed by atoms with E-state index in [9.17, 15) is 4.79 Å². The van der Waals surface area contributed by atoms with Crippen LogP contribution in [0, 0.1) is 11.3 Å². The van der Waals surface area contributed by atoms with Gasteiger partial charge in [0.25, 0.3) is 0 Å². The monoisotopic (exact) mass is 247 g/mol. The Labute approximate surface area is 106 Å². The number of aliphatic hydroxyl groups is 1. The van der Waals surface area contributed by atoms with Crippen LogP contribution in [0.25, 0.3) is 0 Å². The van der Waals surface area contributed by atoms with E-state index in [1.807, 2.05) is 30.3 Å². The molecule has 1 aromatic carbocycles. The molecule has 3 rings (SSSR count). The molecule has 1 aliphatic heterocycles. The number of benzene rings is 1. The molecule has 1 saturated carbocycles. The van der Waals surface area contributed by atoms with E-state index in [-0.39, 0.29) is 18.1 Å². The van der Waals surface area contributed by atoms with Crippen LogP contribution in [-0.2, 0) is 11.3 Å². The van der Waals surface area contributed by atoms with E-state index in [1.54, 1.807) is 4.90 Å². The number of carbonyl (C=O) groups is 1. The molecule has 96 valence electrons. The second-order valence-electron chi connectivity index (χ2n) is 5.34. The Bertz CT molecular complexity index is 440. The van der Waals surface area contributed by atoms with Gasteiger partial charge in [0.2, 0.25) is 0 Å². The molecule has 18 heavy (non-hydrogen) atoms. The van der Waals surface area contributed by atoms with Crippen molar-refractivity contribution in [3.05, 3.63) is 35.9 Å². The minimum absolute atomic E-state index is 0.223. The molecule has 1 aliphatic carbocycles. The maximum absolute atomic E-state index is 11.8. The Hall–Kier alpha value is -1.55. The molecule has 1 amide bonds. The molecular weight excluding hydrogens is 230 g/mol. The van der Waals surface area contributed by atoms with Gasteiger partial charge in [0.15, 0.2) is 0 Å². The van der Waals surface area contributed by atoms with E-state index < -0.39 is 0 Å². The molecule has 2 fully saturated rings. The van der Waals surface area contributed by atoms with Crippen molar-refractivity contribution in [2.75, 3.05) is 19.7 Å². The lowest BCUT2D eigenvalue weighted by Gasteiger charge is -2.39. The Balaban J connectivity index is 1.44. The zero-order valence-corrected chi connectivity index (χ0v) is 10.2. The van der Waals surface area contributed by atoms with Crippen LogP contribution in [-0.4, -0.2) is 35.8 Å². The van der Waals surface area contributed by atoms with Gasteiger partial charge in [-0.15, -0.1) is 0 Å². The van der Waals surface area contributed by atoms with Crippen molar-refractivity contribution in [3.63, 3.8) is 0 Å². The molecule has 1 N–H and O–H groups in total. The molecule has 0 radical (unpaired) electrons. The molecule has 1 atom stereocenters. The SMILES string of the molecule is O=C(OCc1ccccc1)N1CC2(CC2CO)C1. The largest absolute Gasteiger partial charge is 0.445 e. The molecule has 1 heterocycles. The summed E-state index contributed by atoms with van der Waals surface area (Å²) in [4.78, 5) is 13.5. The van der Waals surface area contributed by atoms with E-state index in [1.165, 1.54) is 0 Å². The number of hydrogen-bond donors (Lipinski definition) is 1. The average molecular weight is 247 g/mol. The van der Waals surface area contributed by atoms with Gasteiger partial charge in [-0.05, 0) is 17.9 Å². The zero-order valence-electron chi connectivity index (χ0n) is 10.2. The number of hydrogen-bond acceptors (Lipinski definition) is 3. The second-order valence-corrected chi connectivity index (χ2v) is 5.34. The van der Waals surface area contributed by atoms with Crippen LogP contribution in [0.15, 0.2) is 30.3 Å². The van der Waals surface area contributed by atoms with Crippen molar-refractivity contribution >= 4 is 6.09 Å². The topological polar surface area (TPSA) is 49.8 Å². The zero-order chi connectivity index (χ0) is 12.6. The number of nitrogens with zero attached hydrogens (tertiary/aromatic N) is 1. The third-order valence-corrected chi connectivity index (χ3v) is 4.05. The van der Waals surface area contributed by atoms with Crippen LogP contribution in [0.4, 0.5) is 4.79 Å². The van der Waals surface area contributed by atoms with Gasteiger partial charge in [-0.25, -0.2) is 4.79 Å². The Kier molecular flexibility index (Phi) is 2.74. The van der Waals surface area contributed by atoms with Crippen LogP contribution in [0.5, 0.6) is 0 Å². The van der Waals surface area contributed by atoms with Gasteiger partial charge in [-0.2, -0.15) is 0 Å². The highest BCUT2D eigenvalue weighted by molar-refractivity contribution is 5.69. The first-order valence-corrected chi connectivity index (χ1v) is 6.30. The number of carbonyl (C=O) groups excluding carboxylic acids is 1. The summed E-state index contributed by atoms with van der Waals surface area (Å²) in [5.74, 6) is 0.399. The lowest BCUT2D eigenvalue weighted by Crippen LogP contribution is -2.52. The summed E-state index contributed by atoms with van der Waals surface area (Å²) in [6, 6.07) is 9.67. The average Bonchev–Trinajstić information content (AvgIpc) is 3.10. The quantitative estimate of drug-likeness (QED) is 0.883. The second kappa shape index (κ2) is 4.28. The molecule has 2 aliphatic rings. The van der Waals surface area contributed by atoms with Crippen molar-refractivity contribution in [2.24, 2.45) is 11.3 Å². The van der Waals surface area contributed by atoms with Crippen LogP contribution in [0.1, 0.15) is 12.0 Å². The van der Waals surface area contributed by atoms with E-state index >= 15 is 0 Å². The van der Waals surface area contributed by atoms with E-state index in [4.69, 9.17) is 9.84 Å². The summed E-state index contributed by atoms with van der Waals surface area (Å²) in [6.07, 6.45) is 0.805. The van der Waals surface area contributed by atoms with Gasteiger partial charge >= 0.3 is 6.09 Å². The predicted molar refractivity (Wildman–Crippen MR) is 65.8 cm³/mol. The van der Waals surface area contributed by atoms with E-state index in [2.05, 4.69) is 0 Å². The fraction of sp³-hybridized carbons (Fsp3) is 0.500. The molecule has 1 spiro atoms. The maximum atomic E-state index is 11.8. The Morgan fingerprint density at radius 3 is 2.72 bits per heavy atom. The predicted octanol–water partition coefficient (Wildman–Crippen LogP) is 1.64. The number of rotatable bonds is 3. The first-order chi connectivity index (χ1) is 8.73. The fourth-order valence-corrected chi connectivity index (χ4v) is 2.73.